The minimum absolute atomic E-state index is 0.0430. The molecule has 0 aromatic heterocycles. The van der Waals surface area contributed by atoms with Gasteiger partial charge < -0.3 is 15.8 Å². The highest BCUT2D eigenvalue weighted by molar-refractivity contribution is 5.91. The molecule has 0 spiro atoms. The number of hydrogen-bond acceptors (Lipinski definition) is 3. The molecule has 1 amide bonds. The summed E-state index contributed by atoms with van der Waals surface area (Å²) in [5.41, 5.74) is 8.10. The molecule has 4 nitrogen and oxygen atoms in total. The van der Waals surface area contributed by atoms with Gasteiger partial charge in [-0.25, -0.2) is 0 Å². The van der Waals surface area contributed by atoms with Gasteiger partial charge in [0, 0.05) is 11.4 Å². The highest BCUT2D eigenvalue weighted by atomic mass is 16.5. The van der Waals surface area contributed by atoms with Gasteiger partial charge in [-0.2, -0.15) is 0 Å². The lowest BCUT2D eigenvalue weighted by Gasteiger charge is -2.10. The molecular formula is C13H20N2O2. The summed E-state index contributed by atoms with van der Waals surface area (Å²) >= 11 is 0. The predicted octanol–water partition coefficient (Wildman–Crippen LogP) is 2.33. The van der Waals surface area contributed by atoms with Gasteiger partial charge in [-0.15, -0.1) is 0 Å². The zero-order chi connectivity index (χ0) is 12.8. The largest absolute Gasteiger partial charge is 0.399 e. The van der Waals surface area contributed by atoms with Gasteiger partial charge in [0.15, 0.2) is 0 Å². The number of ether oxygens (including phenoxy) is 1. The summed E-state index contributed by atoms with van der Waals surface area (Å²) in [6, 6.07) is 5.42. The maximum Gasteiger partial charge on any atom is 0.226 e. The average molecular weight is 236 g/mol. The molecule has 0 fully saturated rings. The molecule has 0 unspecified atom stereocenters. The highest BCUT2D eigenvalue weighted by Crippen LogP contribution is 2.17. The van der Waals surface area contributed by atoms with Crippen molar-refractivity contribution in [2.75, 3.05) is 17.7 Å². The first-order valence-electron chi connectivity index (χ1n) is 5.76. The molecular weight excluding hydrogens is 216 g/mol. The van der Waals surface area contributed by atoms with Crippen LogP contribution >= 0.6 is 0 Å². The van der Waals surface area contributed by atoms with Gasteiger partial charge in [-0.05, 0) is 44.5 Å². The lowest BCUT2D eigenvalue weighted by atomic mass is 10.2. The van der Waals surface area contributed by atoms with Crippen molar-refractivity contribution >= 4 is 17.3 Å². The van der Waals surface area contributed by atoms with Crippen LogP contribution in [0.5, 0.6) is 0 Å². The zero-order valence-electron chi connectivity index (χ0n) is 10.6. The second-order valence-corrected chi connectivity index (χ2v) is 4.29. The Morgan fingerprint density at radius 2 is 2.18 bits per heavy atom. The summed E-state index contributed by atoms with van der Waals surface area (Å²) in [4.78, 5) is 11.6. The minimum Gasteiger partial charge on any atom is -0.399 e. The molecule has 94 valence electrons. The Labute approximate surface area is 102 Å². The van der Waals surface area contributed by atoms with Gasteiger partial charge in [0.05, 0.1) is 19.1 Å². The summed E-state index contributed by atoms with van der Waals surface area (Å²) in [5, 5.41) is 2.84. The monoisotopic (exact) mass is 236 g/mol. The fraction of sp³-hybridized carbons (Fsp3) is 0.462. The van der Waals surface area contributed by atoms with Gasteiger partial charge in [0.25, 0.3) is 0 Å². The van der Waals surface area contributed by atoms with E-state index in [-0.39, 0.29) is 12.0 Å². The number of carbonyl (C=O) groups excluding carboxylic acids is 1. The molecule has 0 aliphatic carbocycles. The molecule has 0 radical (unpaired) electrons. The smallest absolute Gasteiger partial charge is 0.226 e. The fourth-order valence-electron chi connectivity index (χ4n) is 1.43. The Balaban J connectivity index is 2.45. The third-order valence-electron chi connectivity index (χ3n) is 2.30. The normalized spacial score (nSPS) is 10.6. The summed E-state index contributed by atoms with van der Waals surface area (Å²) in [6.07, 6.45) is 0.517. The van der Waals surface area contributed by atoms with Crippen LogP contribution in [0, 0.1) is 6.92 Å². The van der Waals surface area contributed by atoms with E-state index in [1.54, 1.807) is 6.07 Å². The van der Waals surface area contributed by atoms with E-state index in [1.165, 1.54) is 0 Å². The number of rotatable bonds is 5. The summed E-state index contributed by atoms with van der Waals surface area (Å²) in [6.45, 7) is 6.25. The molecule has 0 aliphatic heterocycles. The van der Waals surface area contributed by atoms with Crippen LogP contribution in [0.2, 0.25) is 0 Å². The SMILES string of the molecule is Cc1cc(N)ccc1NC(=O)CCOC(C)C. The number of nitrogens with one attached hydrogen (secondary N) is 1. The third kappa shape index (κ3) is 4.87. The molecule has 17 heavy (non-hydrogen) atoms. The van der Waals surface area contributed by atoms with Crippen LogP contribution in [-0.2, 0) is 9.53 Å². The average Bonchev–Trinajstić information content (AvgIpc) is 2.21. The summed E-state index contributed by atoms with van der Waals surface area (Å²) in [5.74, 6) is -0.0430. The van der Waals surface area contributed by atoms with Crippen molar-refractivity contribution in [3.63, 3.8) is 0 Å². The van der Waals surface area contributed by atoms with Crippen molar-refractivity contribution in [3.8, 4) is 0 Å². The first-order chi connectivity index (χ1) is 7.99. The van der Waals surface area contributed by atoms with E-state index in [1.807, 2.05) is 32.9 Å². The van der Waals surface area contributed by atoms with E-state index < -0.39 is 0 Å². The number of carbonyl (C=O) groups is 1. The van der Waals surface area contributed by atoms with E-state index >= 15 is 0 Å². The quantitative estimate of drug-likeness (QED) is 0.771. The Hall–Kier alpha value is -1.55. The molecule has 0 aliphatic rings. The molecule has 0 saturated heterocycles. The molecule has 3 N–H and O–H groups in total. The second-order valence-electron chi connectivity index (χ2n) is 4.29. The Morgan fingerprint density at radius 1 is 1.47 bits per heavy atom. The lowest BCUT2D eigenvalue weighted by molar-refractivity contribution is -0.117. The van der Waals surface area contributed by atoms with E-state index in [0.29, 0.717) is 18.7 Å². The van der Waals surface area contributed by atoms with Crippen molar-refractivity contribution in [2.45, 2.75) is 33.3 Å². The Morgan fingerprint density at radius 3 is 2.76 bits per heavy atom. The number of aryl methyl sites for hydroxylation is 1. The molecule has 4 heteroatoms. The van der Waals surface area contributed by atoms with Gasteiger partial charge >= 0.3 is 0 Å². The van der Waals surface area contributed by atoms with Crippen molar-refractivity contribution < 1.29 is 9.53 Å². The first-order valence-corrected chi connectivity index (χ1v) is 5.76. The van der Waals surface area contributed by atoms with Crippen LogP contribution in [0.15, 0.2) is 18.2 Å². The number of amides is 1. The second kappa shape index (κ2) is 6.25. The van der Waals surface area contributed by atoms with Crippen molar-refractivity contribution in [3.05, 3.63) is 23.8 Å². The first kappa shape index (κ1) is 13.5. The third-order valence-corrected chi connectivity index (χ3v) is 2.30. The maximum atomic E-state index is 11.6. The summed E-state index contributed by atoms with van der Waals surface area (Å²) in [7, 11) is 0. The van der Waals surface area contributed by atoms with Crippen LogP contribution in [0.4, 0.5) is 11.4 Å². The number of anilines is 2. The molecule has 0 saturated carbocycles. The number of hydrogen-bond donors (Lipinski definition) is 2. The zero-order valence-corrected chi connectivity index (χ0v) is 10.6. The van der Waals surface area contributed by atoms with Crippen LogP contribution in [0.25, 0.3) is 0 Å². The van der Waals surface area contributed by atoms with Gasteiger partial charge in [0.2, 0.25) is 5.91 Å². The molecule has 0 bridgehead atoms. The van der Waals surface area contributed by atoms with Crippen molar-refractivity contribution in [1.82, 2.24) is 0 Å². The number of nitrogens with two attached hydrogens (primary N) is 1. The molecule has 1 aromatic carbocycles. The topological polar surface area (TPSA) is 64.3 Å². The van der Waals surface area contributed by atoms with E-state index in [4.69, 9.17) is 10.5 Å². The fourth-order valence-corrected chi connectivity index (χ4v) is 1.43. The molecule has 0 heterocycles. The van der Waals surface area contributed by atoms with E-state index in [9.17, 15) is 4.79 Å². The minimum atomic E-state index is -0.0430. The van der Waals surface area contributed by atoms with Crippen molar-refractivity contribution in [1.29, 1.82) is 0 Å². The van der Waals surface area contributed by atoms with Gasteiger partial charge in [0.1, 0.15) is 0 Å². The van der Waals surface area contributed by atoms with Crippen molar-refractivity contribution in [2.24, 2.45) is 0 Å². The predicted molar refractivity (Wildman–Crippen MR) is 69.9 cm³/mol. The maximum absolute atomic E-state index is 11.6. The van der Waals surface area contributed by atoms with Crippen LogP contribution in [-0.4, -0.2) is 18.6 Å². The summed E-state index contributed by atoms with van der Waals surface area (Å²) < 4.78 is 5.32. The van der Waals surface area contributed by atoms with E-state index in [0.717, 1.165) is 11.3 Å². The van der Waals surface area contributed by atoms with Crippen LogP contribution < -0.4 is 11.1 Å². The Kier molecular flexibility index (Phi) is 4.97. The number of nitrogen functional groups attached to an aromatic ring is 1. The molecule has 1 aromatic rings. The molecule has 1 rings (SSSR count). The van der Waals surface area contributed by atoms with Crippen LogP contribution in [0.3, 0.4) is 0 Å². The van der Waals surface area contributed by atoms with Crippen LogP contribution in [0.1, 0.15) is 25.8 Å². The highest BCUT2D eigenvalue weighted by Gasteiger charge is 2.05. The lowest BCUT2D eigenvalue weighted by Crippen LogP contribution is -2.16. The Bertz CT molecular complexity index is 389. The van der Waals surface area contributed by atoms with Gasteiger partial charge in [-0.3, -0.25) is 4.79 Å². The van der Waals surface area contributed by atoms with Gasteiger partial charge in [-0.1, -0.05) is 0 Å². The van der Waals surface area contributed by atoms with E-state index in [2.05, 4.69) is 5.32 Å². The standard InChI is InChI=1S/C13H20N2O2/c1-9(2)17-7-6-13(16)15-12-5-4-11(14)8-10(12)3/h4-5,8-9H,6-7,14H2,1-3H3,(H,15,16). The number of benzene rings is 1. The molecule has 0 atom stereocenters.